The average Bonchev–Trinajstić information content (AvgIpc) is 3.14. The number of thiophene rings is 1. The van der Waals surface area contributed by atoms with Crippen LogP contribution in [0.2, 0.25) is 0 Å². The van der Waals surface area contributed by atoms with Crippen LogP contribution in [0, 0.1) is 0 Å². The maximum atomic E-state index is 12.8. The number of primary amides is 1. The summed E-state index contributed by atoms with van der Waals surface area (Å²) in [5.41, 5.74) is 9.50. The first-order valence-electron chi connectivity index (χ1n) is 9.14. The SMILES string of the molecule is NC(=O)CCOc1ccccc1NC(=O)c1cc2c(s1)-c1ccccc1CC2. The Kier molecular flexibility index (Phi) is 5.12. The van der Waals surface area contributed by atoms with Gasteiger partial charge in [-0.15, -0.1) is 11.3 Å². The normalized spacial score (nSPS) is 12.0. The molecule has 0 bridgehead atoms. The van der Waals surface area contributed by atoms with Crippen LogP contribution in [0.3, 0.4) is 0 Å². The van der Waals surface area contributed by atoms with Gasteiger partial charge in [0.25, 0.3) is 5.91 Å². The fraction of sp³-hybridized carbons (Fsp3) is 0.182. The summed E-state index contributed by atoms with van der Waals surface area (Å²) >= 11 is 1.52. The minimum atomic E-state index is -0.425. The van der Waals surface area contributed by atoms with Crippen LogP contribution in [0.1, 0.15) is 27.2 Å². The van der Waals surface area contributed by atoms with Crippen LogP contribution in [0.25, 0.3) is 10.4 Å². The highest BCUT2D eigenvalue weighted by Gasteiger charge is 2.21. The number of nitrogens with two attached hydrogens (primary N) is 1. The second-order valence-corrected chi connectivity index (χ2v) is 7.69. The van der Waals surface area contributed by atoms with Crippen molar-refractivity contribution >= 4 is 28.8 Å². The second-order valence-electron chi connectivity index (χ2n) is 6.64. The van der Waals surface area contributed by atoms with Gasteiger partial charge in [-0.05, 0) is 47.7 Å². The Hall–Kier alpha value is -3.12. The fourth-order valence-corrected chi connectivity index (χ4v) is 4.49. The summed E-state index contributed by atoms with van der Waals surface area (Å²) in [6.45, 7) is 0.173. The highest BCUT2D eigenvalue weighted by atomic mass is 32.1. The van der Waals surface area contributed by atoms with Crippen LogP contribution in [-0.4, -0.2) is 18.4 Å². The van der Waals surface area contributed by atoms with Crippen molar-refractivity contribution in [3.8, 4) is 16.2 Å². The summed E-state index contributed by atoms with van der Waals surface area (Å²) in [5, 5.41) is 2.93. The van der Waals surface area contributed by atoms with Crippen molar-refractivity contribution in [2.45, 2.75) is 19.3 Å². The molecular weight excluding hydrogens is 372 g/mol. The molecule has 6 heteroatoms. The van der Waals surface area contributed by atoms with Gasteiger partial charge in [0.2, 0.25) is 5.91 Å². The van der Waals surface area contributed by atoms with Crippen LogP contribution in [0.15, 0.2) is 54.6 Å². The predicted molar refractivity (Wildman–Crippen MR) is 111 cm³/mol. The van der Waals surface area contributed by atoms with Crippen LogP contribution < -0.4 is 15.8 Å². The number of hydrogen-bond donors (Lipinski definition) is 2. The molecule has 1 heterocycles. The summed E-state index contributed by atoms with van der Waals surface area (Å²) < 4.78 is 5.60. The topological polar surface area (TPSA) is 81.4 Å². The summed E-state index contributed by atoms with van der Waals surface area (Å²) in [4.78, 5) is 25.6. The van der Waals surface area contributed by atoms with Crippen molar-refractivity contribution in [3.63, 3.8) is 0 Å². The molecule has 4 rings (SSSR count). The molecule has 1 aromatic heterocycles. The number of ether oxygens (including phenoxy) is 1. The zero-order chi connectivity index (χ0) is 19.5. The molecule has 2 aromatic carbocycles. The molecule has 0 saturated carbocycles. The number of rotatable bonds is 6. The van der Waals surface area contributed by atoms with Gasteiger partial charge in [0.1, 0.15) is 5.75 Å². The monoisotopic (exact) mass is 392 g/mol. The van der Waals surface area contributed by atoms with Crippen molar-refractivity contribution in [1.29, 1.82) is 0 Å². The maximum absolute atomic E-state index is 12.8. The molecule has 3 N–H and O–H groups in total. The number of benzene rings is 2. The van der Waals surface area contributed by atoms with E-state index in [-0.39, 0.29) is 18.9 Å². The van der Waals surface area contributed by atoms with E-state index in [0.717, 1.165) is 12.8 Å². The Morgan fingerprint density at radius 1 is 1.04 bits per heavy atom. The number of hydrogen-bond acceptors (Lipinski definition) is 4. The Morgan fingerprint density at radius 2 is 1.79 bits per heavy atom. The molecule has 142 valence electrons. The van der Waals surface area contributed by atoms with Gasteiger partial charge in [-0.2, -0.15) is 0 Å². The molecule has 1 aliphatic rings. The zero-order valence-electron chi connectivity index (χ0n) is 15.2. The van der Waals surface area contributed by atoms with Gasteiger partial charge >= 0.3 is 0 Å². The number of aryl methyl sites for hydroxylation is 2. The standard InChI is InChI=1S/C22H20N2O3S/c23-20(25)11-12-27-18-8-4-3-7-17(18)24-22(26)19-13-15-10-9-14-5-1-2-6-16(14)21(15)28-19/h1-8,13H,9-12H2,(H2,23,25)(H,24,26). The van der Waals surface area contributed by atoms with Crippen LogP contribution >= 0.6 is 11.3 Å². The molecule has 5 nitrogen and oxygen atoms in total. The third-order valence-corrected chi connectivity index (χ3v) is 5.91. The zero-order valence-corrected chi connectivity index (χ0v) is 16.1. The summed E-state index contributed by atoms with van der Waals surface area (Å²) in [6.07, 6.45) is 2.07. The van der Waals surface area contributed by atoms with Crippen LogP contribution in [0.5, 0.6) is 5.75 Å². The lowest BCUT2D eigenvalue weighted by Crippen LogP contribution is -2.16. The van der Waals surface area contributed by atoms with E-state index < -0.39 is 5.91 Å². The quantitative estimate of drug-likeness (QED) is 0.665. The first-order valence-corrected chi connectivity index (χ1v) is 9.96. The van der Waals surface area contributed by atoms with E-state index in [2.05, 4.69) is 23.5 Å². The van der Waals surface area contributed by atoms with E-state index in [1.54, 1.807) is 12.1 Å². The number of carbonyl (C=O) groups excluding carboxylic acids is 2. The van der Waals surface area contributed by atoms with Gasteiger partial charge in [0.05, 0.1) is 23.6 Å². The fourth-order valence-electron chi connectivity index (χ4n) is 3.32. The number of carbonyl (C=O) groups is 2. The lowest BCUT2D eigenvalue weighted by atomic mass is 9.91. The van der Waals surface area contributed by atoms with E-state index in [9.17, 15) is 9.59 Å². The lowest BCUT2D eigenvalue weighted by Gasteiger charge is -2.15. The first-order chi connectivity index (χ1) is 13.6. The summed E-state index contributed by atoms with van der Waals surface area (Å²) in [5.74, 6) is -0.0717. The molecule has 0 aliphatic heterocycles. The van der Waals surface area contributed by atoms with Crippen LogP contribution in [-0.2, 0) is 17.6 Å². The second kappa shape index (κ2) is 7.86. The highest BCUT2D eigenvalue weighted by molar-refractivity contribution is 7.17. The van der Waals surface area contributed by atoms with Gasteiger partial charge < -0.3 is 15.8 Å². The van der Waals surface area contributed by atoms with Gasteiger partial charge in [0, 0.05) is 4.88 Å². The molecule has 0 saturated heterocycles. The number of nitrogens with one attached hydrogen (secondary N) is 1. The number of amides is 2. The molecular formula is C22H20N2O3S. The van der Waals surface area contributed by atoms with Crippen molar-refractivity contribution < 1.29 is 14.3 Å². The molecule has 0 spiro atoms. The Morgan fingerprint density at radius 3 is 2.64 bits per heavy atom. The van der Waals surface area contributed by atoms with E-state index >= 15 is 0 Å². The molecule has 0 atom stereocenters. The molecule has 2 amide bonds. The molecule has 0 fully saturated rings. The molecule has 0 unspecified atom stereocenters. The maximum Gasteiger partial charge on any atom is 0.265 e. The van der Waals surface area contributed by atoms with Gasteiger partial charge in [-0.25, -0.2) is 0 Å². The van der Waals surface area contributed by atoms with Gasteiger partial charge in [-0.1, -0.05) is 36.4 Å². The average molecular weight is 392 g/mol. The van der Waals surface area contributed by atoms with Gasteiger partial charge in [-0.3, -0.25) is 9.59 Å². The van der Waals surface area contributed by atoms with Gasteiger partial charge in [0.15, 0.2) is 0 Å². The third kappa shape index (κ3) is 3.77. The lowest BCUT2D eigenvalue weighted by molar-refractivity contribution is -0.118. The summed E-state index contributed by atoms with van der Waals surface area (Å²) in [6, 6.07) is 17.5. The Labute approximate surface area is 167 Å². The van der Waals surface area contributed by atoms with E-state index in [0.29, 0.717) is 16.3 Å². The van der Waals surface area contributed by atoms with Crippen molar-refractivity contribution in [3.05, 3.63) is 70.6 Å². The van der Waals surface area contributed by atoms with E-state index in [1.807, 2.05) is 24.3 Å². The van der Waals surface area contributed by atoms with E-state index in [4.69, 9.17) is 10.5 Å². The first kappa shape index (κ1) is 18.3. The minimum Gasteiger partial charge on any atom is -0.491 e. The summed E-state index contributed by atoms with van der Waals surface area (Å²) in [7, 11) is 0. The van der Waals surface area contributed by atoms with E-state index in [1.165, 1.54) is 32.9 Å². The van der Waals surface area contributed by atoms with Crippen molar-refractivity contribution in [2.75, 3.05) is 11.9 Å². The number of anilines is 1. The minimum absolute atomic E-state index is 0.124. The molecule has 0 radical (unpaired) electrons. The largest absolute Gasteiger partial charge is 0.491 e. The Bertz CT molecular complexity index is 1040. The van der Waals surface area contributed by atoms with Crippen LogP contribution in [0.4, 0.5) is 5.69 Å². The third-order valence-electron chi connectivity index (χ3n) is 4.70. The number of fused-ring (bicyclic) bond motifs is 3. The Balaban J connectivity index is 1.53. The smallest absolute Gasteiger partial charge is 0.265 e. The highest BCUT2D eigenvalue weighted by Crippen LogP contribution is 2.39. The van der Waals surface area contributed by atoms with Crippen molar-refractivity contribution in [1.82, 2.24) is 0 Å². The predicted octanol–water partition coefficient (Wildman–Crippen LogP) is 4.02. The molecule has 28 heavy (non-hydrogen) atoms. The number of para-hydroxylation sites is 2. The van der Waals surface area contributed by atoms with Crippen molar-refractivity contribution in [2.24, 2.45) is 5.73 Å². The molecule has 3 aromatic rings. The molecule has 1 aliphatic carbocycles.